The maximum absolute atomic E-state index is 12.1. The van der Waals surface area contributed by atoms with Gasteiger partial charge in [-0.3, -0.25) is 4.79 Å². The zero-order chi connectivity index (χ0) is 12.3. The molecule has 0 spiro atoms. The molecule has 0 unspecified atom stereocenters. The number of hydrogen-bond acceptors (Lipinski definition) is 2. The lowest BCUT2D eigenvalue weighted by molar-refractivity contribution is -0.120. The van der Waals surface area contributed by atoms with Crippen LogP contribution in [0.1, 0.15) is 12.8 Å². The molecule has 1 amide bonds. The highest BCUT2D eigenvalue weighted by atomic mass is 127. The zero-order valence-corrected chi connectivity index (χ0v) is 13.0. The van der Waals surface area contributed by atoms with Gasteiger partial charge < -0.3 is 10.6 Å². The van der Waals surface area contributed by atoms with Crippen molar-refractivity contribution in [3.8, 4) is 0 Å². The SMILES string of the molecule is O=C(Nc1cc(I)ccc1Br)[C@H]1CCCNC1. The minimum Gasteiger partial charge on any atom is -0.325 e. The summed E-state index contributed by atoms with van der Waals surface area (Å²) in [6, 6.07) is 5.93. The molecule has 0 aliphatic carbocycles. The van der Waals surface area contributed by atoms with Crippen LogP contribution in [0.15, 0.2) is 22.7 Å². The highest BCUT2D eigenvalue weighted by molar-refractivity contribution is 14.1. The number of benzene rings is 1. The van der Waals surface area contributed by atoms with Crippen molar-refractivity contribution in [1.29, 1.82) is 0 Å². The van der Waals surface area contributed by atoms with E-state index in [9.17, 15) is 4.79 Å². The summed E-state index contributed by atoms with van der Waals surface area (Å²) < 4.78 is 2.04. The number of carbonyl (C=O) groups excluding carboxylic acids is 1. The van der Waals surface area contributed by atoms with E-state index in [0.717, 1.165) is 39.7 Å². The average Bonchev–Trinajstić information content (AvgIpc) is 2.35. The fourth-order valence-corrected chi connectivity index (χ4v) is 2.74. The number of piperidine rings is 1. The molecule has 3 nitrogen and oxygen atoms in total. The minimum absolute atomic E-state index is 0.0912. The molecule has 1 aliphatic rings. The first-order chi connectivity index (χ1) is 8.16. The summed E-state index contributed by atoms with van der Waals surface area (Å²) in [5, 5.41) is 6.24. The van der Waals surface area contributed by atoms with E-state index in [-0.39, 0.29) is 11.8 Å². The molecule has 92 valence electrons. The van der Waals surface area contributed by atoms with Crippen LogP contribution >= 0.6 is 38.5 Å². The normalized spacial score (nSPS) is 20.0. The molecule has 1 fully saturated rings. The molecule has 0 saturated carbocycles. The van der Waals surface area contributed by atoms with E-state index in [4.69, 9.17) is 0 Å². The van der Waals surface area contributed by atoms with Crippen molar-refractivity contribution in [2.75, 3.05) is 18.4 Å². The van der Waals surface area contributed by atoms with Gasteiger partial charge in [-0.15, -0.1) is 0 Å². The van der Waals surface area contributed by atoms with Gasteiger partial charge in [-0.05, 0) is 76.1 Å². The maximum atomic E-state index is 12.1. The Kier molecular flexibility index (Phi) is 4.81. The molecule has 1 heterocycles. The zero-order valence-electron chi connectivity index (χ0n) is 9.30. The van der Waals surface area contributed by atoms with Gasteiger partial charge in [0.05, 0.1) is 11.6 Å². The minimum atomic E-state index is 0.0912. The number of rotatable bonds is 2. The Morgan fingerprint density at radius 2 is 2.35 bits per heavy atom. The van der Waals surface area contributed by atoms with Gasteiger partial charge in [0.15, 0.2) is 0 Å². The van der Waals surface area contributed by atoms with E-state index < -0.39 is 0 Å². The van der Waals surface area contributed by atoms with E-state index in [1.807, 2.05) is 18.2 Å². The first-order valence-electron chi connectivity index (χ1n) is 5.63. The van der Waals surface area contributed by atoms with Crippen LogP contribution in [0.5, 0.6) is 0 Å². The van der Waals surface area contributed by atoms with Crippen LogP contribution < -0.4 is 10.6 Å². The summed E-state index contributed by atoms with van der Waals surface area (Å²) in [6.07, 6.45) is 2.05. The molecular weight excluding hydrogens is 395 g/mol. The molecular formula is C12H14BrIN2O. The quantitative estimate of drug-likeness (QED) is 0.738. The van der Waals surface area contributed by atoms with E-state index in [2.05, 4.69) is 49.2 Å². The molecule has 1 aromatic carbocycles. The van der Waals surface area contributed by atoms with Crippen molar-refractivity contribution < 1.29 is 4.79 Å². The number of anilines is 1. The Morgan fingerprint density at radius 1 is 1.53 bits per heavy atom. The van der Waals surface area contributed by atoms with Crippen molar-refractivity contribution in [2.45, 2.75) is 12.8 Å². The topological polar surface area (TPSA) is 41.1 Å². The average molecular weight is 409 g/mol. The van der Waals surface area contributed by atoms with Crippen molar-refractivity contribution in [3.63, 3.8) is 0 Å². The number of halogens is 2. The fraction of sp³-hybridized carbons (Fsp3) is 0.417. The Balaban J connectivity index is 2.04. The van der Waals surface area contributed by atoms with Crippen LogP contribution in [0.4, 0.5) is 5.69 Å². The van der Waals surface area contributed by atoms with Crippen LogP contribution in [0.25, 0.3) is 0 Å². The largest absolute Gasteiger partial charge is 0.325 e. The van der Waals surface area contributed by atoms with Gasteiger partial charge in [-0.25, -0.2) is 0 Å². The van der Waals surface area contributed by atoms with Crippen LogP contribution in [0.2, 0.25) is 0 Å². The number of carbonyl (C=O) groups is 1. The van der Waals surface area contributed by atoms with Crippen LogP contribution in [0.3, 0.4) is 0 Å². The summed E-state index contributed by atoms with van der Waals surface area (Å²) >= 11 is 5.69. The lowest BCUT2D eigenvalue weighted by atomic mass is 9.99. The van der Waals surface area contributed by atoms with Gasteiger partial charge in [-0.1, -0.05) is 0 Å². The van der Waals surface area contributed by atoms with Gasteiger partial charge >= 0.3 is 0 Å². The van der Waals surface area contributed by atoms with E-state index in [1.54, 1.807) is 0 Å². The smallest absolute Gasteiger partial charge is 0.228 e. The maximum Gasteiger partial charge on any atom is 0.228 e. The Morgan fingerprint density at radius 3 is 3.06 bits per heavy atom. The first-order valence-corrected chi connectivity index (χ1v) is 7.50. The second kappa shape index (κ2) is 6.15. The highest BCUT2D eigenvalue weighted by Crippen LogP contribution is 2.25. The Labute approximate surface area is 123 Å². The summed E-state index contributed by atoms with van der Waals surface area (Å²) in [5.41, 5.74) is 0.854. The second-order valence-electron chi connectivity index (χ2n) is 4.16. The molecule has 1 saturated heterocycles. The standard InChI is InChI=1S/C12H14BrIN2O/c13-10-4-3-9(14)6-11(10)16-12(17)8-2-1-5-15-7-8/h3-4,6,8,15H,1-2,5,7H2,(H,16,17)/t8-/m0/s1. The molecule has 5 heteroatoms. The lowest BCUT2D eigenvalue weighted by Gasteiger charge is -2.22. The van der Waals surface area contributed by atoms with Crippen molar-refractivity contribution >= 4 is 50.1 Å². The van der Waals surface area contributed by atoms with E-state index >= 15 is 0 Å². The summed E-state index contributed by atoms with van der Waals surface area (Å²) in [4.78, 5) is 12.1. The summed E-state index contributed by atoms with van der Waals surface area (Å²) in [6.45, 7) is 1.81. The first kappa shape index (κ1) is 13.3. The van der Waals surface area contributed by atoms with E-state index in [1.165, 1.54) is 0 Å². The molecule has 0 radical (unpaired) electrons. The molecule has 2 N–H and O–H groups in total. The lowest BCUT2D eigenvalue weighted by Crippen LogP contribution is -2.37. The molecule has 17 heavy (non-hydrogen) atoms. The Bertz CT molecular complexity index is 419. The third kappa shape index (κ3) is 3.66. The Hall–Kier alpha value is -0.140. The monoisotopic (exact) mass is 408 g/mol. The number of nitrogens with one attached hydrogen (secondary N) is 2. The van der Waals surface area contributed by atoms with Crippen molar-refractivity contribution in [2.24, 2.45) is 5.92 Å². The highest BCUT2D eigenvalue weighted by Gasteiger charge is 2.21. The third-order valence-electron chi connectivity index (χ3n) is 2.85. The van der Waals surface area contributed by atoms with Crippen molar-refractivity contribution in [1.82, 2.24) is 5.32 Å². The molecule has 2 rings (SSSR count). The summed E-state index contributed by atoms with van der Waals surface area (Å²) in [5.74, 6) is 0.202. The number of amides is 1. The van der Waals surface area contributed by atoms with Crippen LogP contribution in [-0.2, 0) is 4.79 Å². The van der Waals surface area contributed by atoms with Crippen molar-refractivity contribution in [3.05, 3.63) is 26.2 Å². The number of hydrogen-bond donors (Lipinski definition) is 2. The van der Waals surface area contributed by atoms with Crippen LogP contribution in [-0.4, -0.2) is 19.0 Å². The predicted molar refractivity (Wildman–Crippen MR) is 81.1 cm³/mol. The molecule has 0 bridgehead atoms. The van der Waals surface area contributed by atoms with Crippen LogP contribution in [0, 0.1) is 9.49 Å². The van der Waals surface area contributed by atoms with E-state index in [0.29, 0.717) is 0 Å². The second-order valence-corrected chi connectivity index (χ2v) is 6.26. The molecule has 1 aromatic rings. The molecule has 0 aromatic heterocycles. The molecule has 1 aliphatic heterocycles. The fourth-order valence-electron chi connectivity index (χ4n) is 1.90. The predicted octanol–water partition coefficient (Wildman–Crippen LogP) is 2.99. The third-order valence-corrected chi connectivity index (χ3v) is 4.22. The van der Waals surface area contributed by atoms with Gasteiger partial charge in [-0.2, -0.15) is 0 Å². The van der Waals surface area contributed by atoms with Gasteiger partial charge in [0.2, 0.25) is 5.91 Å². The molecule has 1 atom stereocenters. The van der Waals surface area contributed by atoms with Gasteiger partial charge in [0, 0.05) is 14.6 Å². The summed E-state index contributed by atoms with van der Waals surface area (Å²) in [7, 11) is 0. The van der Waals surface area contributed by atoms with Gasteiger partial charge in [0.25, 0.3) is 0 Å². The van der Waals surface area contributed by atoms with Gasteiger partial charge in [0.1, 0.15) is 0 Å².